The number of nitrogens with zero attached hydrogens (tertiary/aromatic N) is 1. The summed E-state index contributed by atoms with van der Waals surface area (Å²) in [7, 11) is 0. The number of carbonyl (C=O) groups is 2. The predicted molar refractivity (Wildman–Crippen MR) is 91.8 cm³/mol. The first kappa shape index (κ1) is 19.9. The van der Waals surface area contributed by atoms with Gasteiger partial charge in [-0.3, -0.25) is 9.59 Å². The fraction of sp³-hybridized carbons (Fsp3) is 0.222. The number of nitrogens with one attached hydrogen (secondary N) is 2. The molecule has 0 aromatic carbocycles. The van der Waals surface area contributed by atoms with E-state index >= 15 is 0 Å². The number of rotatable bonds is 8. The molecule has 2 aliphatic carbocycles. The SMILES string of the molecule is O=C1C=CC=CC1=CNCC[N-]CCNC=C1C=CC=CC1=O.[Cu+]. The molecule has 0 bridgehead atoms. The van der Waals surface area contributed by atoms with Crippen molar-refractivity contribution in [2.24, 2.45) is 0 Å². The molecule has 0 fully saturated rings. The summed E-state index contributed by atoms with van der Waals surface area (Å²) in [6, 6.07) is 0. The van der Waals surface area contributed by atoms with Gasteiger partial charge in [0.25, 0.3) is 0 Å². The Morgan fingerprint density at radius 3 is 1.58 bits per heavy atom. The average molecular weight is 374 g/mol. The van der Waals surface area contributed by atoms with Gasteiger partial charge in [-0.15, -0.1) is 13.1 Å². The molecule has 0 saturated carbocycles. The van der Waals surface area contributed by atoms with Crippen LogP contribution in [0.5, 0.6) is 0 Å². The Hall–Kier alpha value is -2.14. The Morgan fingerprint density at radius 2 is 1.17 bits per heavy atom. The molecule has 0 aromatic rings. The Morgan fingerprint density at radius 1 is 0.750 bits per heavy atom. The topological polar surface area (TPSA) is 72.3 Å². The molecule has 0 spiro atoms. The molecule has 0 radical (unpaired) electrons. The van der Waals surface area contributed by atoms with Crippen LogP contribution in [0.1, 0.15) is 0 Å². The van der Waals surface area contributed by atoms with Crippen LogP contribution in [0.2, 0.25) is 0 Å². The number of hydrogen-bond acceptors (Lipinski definition) is 4. The third kappa shape index (κ3) is 6.96. The van der Waals surface area contributed by atoms with Gasteiger partial charge in [0.1, 0.15) is 0 Å². The minimum absolute atomic E-state index is 0. The molecule has 2 N–H and O–H groups in total. The predicted octanol–water partition coefficient (Wildman–Crippen LogP) is 1.69. The van der Waals surface area contributed by atoms with E-state index in [4.69, 9.17) is 0 Å². The maximum atomic E-state index is 11.5. The van der Waals surface area contributed by atoms with Crippen LogP contribution in [0.25, 0.3) is 5.32 Å². The van der Waals surface area contributed by atoms with E-state index < -0.39 is 0 Å². The van der Waals surface area contributed by atoms with Gasteiger partial charge >= 0.3 is 17.1 Å². The van der Waals surface area contributed by atoms with Crippen molar-refractivity contribution in [2.45, 2.75) is 0 Å². The van der Waals surface area contributed by atoms with Crippen LogP contribution in [-0.4, -0.2) is 37.7 Å². The van der Waals surface area contributed by atoms with Crippen LogP contribution in [0.4, 0.5) is 0 Å². The van der Waals surface area contributed by atoms with E-state index in [9.17, 15) is 9.59 Å². The smallest absolute Gasteiger partial charge is 0.659 e. The van der Waals surface area contributed by atoms with E-state index in [1.54, 1.807) is 48.9 Å². The second-order valence-corrected chi connectivity index (χ2v) is 4.94. The van der Waals surface area contributed by atoms with Gasteiger partial charge in [0, 0.05) is 23.5 Å². The van der Waals surface area contributed by atoms with Crippen molar-refractivity contribution in [3.05, 3.63) is 77.5 Å². The first-order chi connectivity index (χ1) is 11.3. The number of allylic oxidation sites excluding steroid dienone is 10. The molecule has 0 unspecified atom stereocenters. The Bertz CT molecular complexity index is 574. The van der Waals surface area contributed by atoms with Gasteiger partial charge in [-0.25, -0.2) is 0 Å². The van der Waals surface area contributed by atoms with Crippen LogP contribution in [0, 0.1) is 0 Å². The molecular formula is C18H20CuN3O2. The zero-order valence-corrected chi connectivity index (χ0v) is 14.1. The third-order valence-corrected chi connectivity index (χ3v) is 3.18. The molecule has 0 atom stereocenters. The largest absolute Gasteiger partial charge is 1.00 e. The zero-order chi connectivity index (χ0) is 16.3. The summed E-state index contributed by atoms with van der Waals surface area (Å²) in [4.78, 5) is 22.9. The van der Waals surface area contributed by atoms with Crippen molar-refractivity contribution >= 4 is 11.6 Å². The van der Waals surface area contributed by atoms with Crippen molar-refractivity contribution in [1.82, 2.24) is 10.6 Å². The van der Waals surface area contributed by atoms with E-state index in [-0.39, 0.29) is 28.6 Å². The number of hydrogen-bond donors (Lipinski definition) is 2. The normalized spacial score (nSPS) is 19.0. The molecule has 0 aliphatic heterocycles. The quantitative estimate of drug-likeness (QED) is 0.386. The molecule has 2 rings (SSSR count). The molecule has 2 aliphatic rings. The van der Waals surface area contributed by atoms with Crippen LogP contribution in [-0.2, 0) is 26.7 Å². The number of ketones is 2. The van der Waals surface area contributed by atoms with E-state index in [1.807, 2.05) is 12.2 Å². The van der Waals surface area contributed by atoms with Gasteiger partial charge in [-0.1, -0.05) is 24.3 Å². The minimum Gasteiger partial charge on any atom is -0.659 e. The molecule has 0 aromatic heterocycles. The molecule has 0 saturated heterocycles. The van der Waals surface area contributed by atoms with Crippen LogP contribution in [0.15, 0.2) is 72.2 Å². The second-order valence-electron chi connectivity index (χ2n) is 4.94. The summed E-state index contributed by atoms with van der Waals surface area (Å²) >= 11 is 0. The van der Waals surface area contributed by atoms with Gasteiger partial charge in [0.2, 0.25) is 0 Å². The molecule has 24 heavy (non-hydrogen) atoms. The maximum absolute atomic E-state index is 11.5. The number of carbonyl (C=O) groups excluding carboxylic acids is 2. The minimum atomic E-state index is 0. The van der Waals surface area contributed by atoms with Gasteiger partial charge in [0.15, 0.2) is 11.6 Å². The van der Waals surface area contributed by atoms with E-state index in [2.05, 4.69) is 16.0 Å². The summed E-state index contributed by atoms with van der Waals surface area (Å²) in [5.41, 5.74) is 1.31. The fourth-order valence-electron chi connectivity index (χ4n) is 1.96. The fourth-order valence-corrected chi connectivity index (χ4v) is 1.96. The van der Waals surface area contributed by atoms with E-state index in [0.29, 0.717) is 37.3 Å². The summed E-state index contributed by atoms with van der Waals surface area (Å²) in [5, 5.41) is 10.5. The van der Waals surface area contributed by atoms with E-state index in [0.717, 1.165) is 0 Å². The van der Waals surface area contributed by atoms with Gasteiger partial charge < -0.3 is 16.0 Å². The molecule has 0 heterocycles. The van der Waals surface area contributed by atoms with Crippen molar-refractivity contribution < 1.29 is 26.7 Å². The first-order valence-corrected chi connectivity index (χ1v) is 7.56. The van der Waals surface area contributed by atoms with Crippen molar-refractivity contribution in [3.8, 4) is 0 Å². The van der Waals surface area contributed by atoms with E-state index in [1.165, 1.54) is 0 Å². The van der Waals surface area contributed by atoms with Gasteiger partial charge in [-0.05, 0) is 37.4 Å². The van der Waals surface area contributed by atoms with Gasteiger partial charge in [0.05, 0.1) is 0 Å². The average Bonchev–Trinajstić information content (AvgIpc) is 2.56. The molecule has 5 nitrogen and oxygen atoms in total. The molecular weight excluding hydrogens is 354 g/mol. The van der Waals surface area contributed by atoms with Crippen LogP contribution < -0.4 is 10.6 Å². The molecule has 0 amide bonds. The molecule has 6 heteroatoms. The van der Waals surface area contributed by atoms with Crippen molar-refractivity contribution in [3.63, 3.8) is 0 Å². The monoisotopic (exact) mass is 373 g/mol. The standard InChI is InChI=1S/C18H20N3O2.Cu/c22-17-7-3-1-5-15(17)13-20-11-9-19-10-12-21-14-16-6-2-4-8-18(16)23;/h1-8,13-14,20-21H,9-12H2;/q-1;+1. The second kappa shape index (κ2) is 11.4. The Labute approximate surface area is 152 Å². The van der Waals surface area contributed by atoms with Crippen molar-refractivity contribution in [2.75, 3.05) is 26.2 Å². The summed E-state index contributed by atoms with van der Waals surface area (Å²) in [6.07, 6.45) is 17.2. The first-order valence-electron chi connectivity index (χ1n) is 7.56. The van der Waals surface area contributed by atoms with Crippen LogP contribution in [0.3, 0.4) is 0 Å². The molecule has 130 valence electrons. The summed E-state index contributed by atoms with van der Waals surface area (Å²) < 4.78 is 0. The Balaban J connectivity index is 0.00000288. The summed E-state index contributed by atoms with van der Waals surface area (Å²) in [5.74, 6) is 0.0191. The van der Waals surface area contributed by atoms with Crippen LogP contribution >= 0.6 is 0 Å². The maximum Gasteiger partial charge on any atom is 1.00 e. The summed E-state index contributed by atoms with van der Waals surface area (Å²) in [6.45, 7) is 2.69. The van der Waals surface area contributed by atoms with Gasteiger partial charge in [-0.2, -0.15) is 0 Å². The van der Waals surface area contributed by atoms with Crippen molar-refractivity contribution in [1.29, 1.82) is 0 Å². The zero-order valence-electron chi connectivity index (χ0n) is 13.2. The third-order valence-electron chi connectivity index (χ3n) is 3.18. The Kier molecular flexibility index (Phi) is 9.46.